The molecule has 0 bridgehead atoms. The lowest BCUT2D eigenvalue weighted by Gasteiger charge is -2.18. The summed E-state index contributed by atoms with van der Waals surface area (Å²) in [7, 11) is 1.64. The fourth-order valence-electron chi connectivity index (χ4n) is 3.96. The molecule has 1 saturated heterocycles. The first-order valence-electron chi connectivity index (χ1n) is 7.69. The van der Waals surface area contributed by atoms with E-state index >= 15 is 0 Å². The van der Waals surface area contributed by atoms with Gasteiger partial charge in [-0.1, -0.05) is 6.07 Å². The molecule has 1 aliphatic heterocycles. The number of hydrogen-bond acceptors (Lipinski definition) is 4. The van der Waals surface area contributed by atoms with Crippen LogP contribution in [0, 0.1) is 11.8 Å². The van der Waals surface area contributed by atoms with E-state index in [1.165, 1.54) is 4.57 Å². The van der Waals surface area contributed by atoms with E-state index in [-0.39, 0.29) is 24.4 Å². The molecule has 3 atom stereocenters. The number of amides is 1. The van der Waals surface area contributed by atoms with Crippen molar-refractivity contribution in [3.8, 4) is 0 Å². The number of likely N-dealkylation sites (tertiary alicyclic amines) is 1. The van der Waals surface area contributed by atoms with Crippen molar-refractivity contribution < 1.29 is 9.21 Å². The predicted molar refractivity (Wildman–Crippen MR) is 88.8 cm³/mol. The van der Waals surface area contributed by atoms with Crippen LogP contribution in [0.15, 0.2) is 27.4 Å². The van der Waals surface area contributed by atoms with Gasteiger partial charge >= 0.3 is 5.76 Å². The number of fused-ring (bicyclic) bond motifs is 2. The lowest BCUT2D eigenvalue weighted by atomic mass is 9.98. The third-order valence-corrected chi connectivity index (χ3v) is 5.25. The number of nitrogens with zero attached hydrogens (tertiary/aromatic N) is 2. The predicted octanol–water partition coefficient (Wildman–Crippen LogP) is 1.36. The first-order chi connectivity index (χ1) is 10.6. The van der Waals surface area contributed by atoms with Crippen LogP contribution in [0.25, 0.3) is 11.1 Å². The topological polar surface area (TPSA) is 81.5 Å². The Bertz CT molecular complexity index is 812. The Hall–Kier alpha value is -1.79. The van der Waals surface area contributed by atoms with Gasteiger partial charge in [-0.3, -0.25) is 9.36 Å². The van der Waals surface area contributed by atoms with E-state index in [4.69, 9.17) is 10.2 Å². The van der Waals surface area contributed by atoms with E-state index in [2.05, 4.69) is 0 Å². The van der Waals surface area contributed by atoms with Crippen LogP contribution in [-0.4, -0.2) is 34.5 Å². The van der Waals surface area contributed by atoms with Crippen LogP contribution in [0.5, 0.6) is 0 Å². The summed E-state index contributed by atoms with van der Waals surface area (Å²) in [5.41, 5.74) is 7.62. The van der Waals surface area contributed by atoms with Crippen molar-refractivity contribution in [3.63, 3.8) is 0 Å². The summed E-state index contributed by atoms with van der Waals surface area (Å²) in [6.07, 6.45) is 2.15. The van der Waals surface area contributed by atoms with Crippen molar-refractivity contribution in [1.82, 2.24) is 9.47 Å². The number of aromatic nitrogens is 1. The van der Waals surface area contributed by atoms with Crippen LogP contribution in [0.2, 0.25) is 0 Å². The van der Waals surface area contributed by atoms with E-state index in [0.29, 0.717) is 35.0 Å². The molecule has 3 unspecified atom stereocenters. The molecule has 124 valence electrons. The molecule has 7 heteroatoms. The Kier molecular flexibility index (Phi) is 3.98. The number of halogens is 1. The minimum Gasteiger partial charge on any atom is -0.407 e. The highest BCUT2D eigenvalue weighted by molar-refractivity contribution is 6.04. The van der Waals surface area contributed by atoms with Gasteiger partial charge in [-0.2, -0.15) is 0 Å². The SMILES string of the molecule is Cl.Cn1c(=O)oc2c(C(=O)N3CC4CCC(N)C4C3)cccc21. The van der Waals surface area contributed by atoms with Gasteiger partial charge in [0.15, 0.2) is 5.58 Å². The Morgan fingerprint density at radius 3 is 2.83 bits per heavy atom. The van der Waals surface area contributed by atoms with Crippen LogP contribution in [0.1, 0.15) is 23.2 Å². The minimum absolute atomic E-state index is 0. The summed E-state index contributed by atoms with van der Waals surface area (Å²) >= 11 is 0. The van der Waals surface area contributed by atoms with E-state index in [1.54, 1.807) is 25.2 Å². The van der Waals surface area contributed by atoms with Gasteiger partial charge in [0.25, 0.3) is 5.91 Å². The van der Waals surface area contributed by atoms with Crippen molar-refractivity contribution >= 4 is 29.4 Å². The number of oxazole rings is 1. The Morgan fingerprint density at radius 2 is 2.09 bits per heavy atom. The lowest BCUT2D eigenvalue weighted by Crippen LogP contribution is -2.33. The van der Waals surface area contributed by atoms with Gasteiger partial charge < -0.3 is 15.1 Å². The first-order valence-corrected chi connectivity index (χ1v) is 7.69. The molecule has 2 fully saturated rings. The highest BCUT2D eigenvalue weighted by Gasteiger charge is 2.42. The van der Waals surface area contributed by atoms with E-state index < -0.39 is 5.76 Å². The summed E-state index contributed by atoms with van der Waals surface area (Å²) in [5.74, 6) is 0.406. The lowest BCUT2D eigenvalue weighted by molar-refractivity contribution is 0.0780. The zero-order valence-electron chi connectivity index (χ0n) is 12.9. The van der Waals surface area contributed by atoms with Crippen molar-refractivity contribution in [3.05, 3.63) is 34.3 Å². The average molecular weight is 338 g/mol. The number of aryl methyl sites for hydroxylation is 1. The van der Waals surface area contributed by atoms with Crippen LogP contribution >= 0.6 is 12.4 Å². The standard InChI is InChI=1S/C16H19N3O3.ClH/c1-18-13-4-2-3-10(14(13)22-16(18)21)15(20)19-7-9-5-6-12(17)11(9)8-19;/h2-4,9,11-12H,5-8,17H2,1H3;1H. The highest BCUT2D eigenvalue weighted by atomic mass is 35.5. The molecule has 1 amide bonds. The number of para-hydroxylation sites is 1. The minimum atomic E-state index is -0.449. The smallest absolute Gasteiger partial charge is 0.407 e. The normalized spacial score (nSPS) is 26.3. The number of hydrogen-bond donors (Lipinski definition) is 1. The van der Waals surface area contributed by atoms with Crippen LogP contribution in [0.3, 0.4) is 0 Å². The van der Waals surface area contributed by atoms with Gasteiger partial charge in [0, 0.05) is 26.2 Å². The summed E-state index contributed by atoms with van der Waals surface area (Å²) in [5, 5.41) is 0. The maximum Gasteiger partial charge on any atom is 0.419 e. The van der Waals surface area contributed by atoms with Crippen molar-refractivity contribution in [2.75, 3.05) is 13.1 Å². The molecule has 2 aromatic rings. The molecular formula is C16H20ClN3O3. The third-order valence-electron chi connectivity index (χ3n) is 5.25. The molecule has 1 aromatic carbocycles. The fraction of sp³-hybridized carbons (Fsp3) is 0.500. The second-order valence-corrected chi connectivity index (χ2v) is 6.46. The largest absolute Gasteiger partial charge is 0.419 e. The summed E-state index contributed by atoms with van der Waals surface area (Å²) in [6.45, 7) is 1.46. The van der Waals surface area contributed by atoms with Gasteiger partial charge in [0.05, 0.1) is 11.1 Å². The molecule has 2 aliphatic rings. The molecule has 2 heterocycles. The van der Waals surface area contributed by atoms with Crippen LogP contribution in [-0.2, 0) is 7.05 Å². The number of carbonyl (C=O) groups excluding carboxylic acids is 1. The molecule has 23 heavy (non-hydrogen) atoms. The molecule has 1 aromatic heterocycles. The molecule has 4 rings (SSSR count). The zero-order chi connectivity index (χ0) is 15.4. The summed E-state index contributed by atoms with van der Waals surface area (Å²) in [4.78, 5) is 26.4. The van der Waals surface area contributed by atoms with Gasteiger partial charge in [-0.05, 0) is 36.8 Å². The van der Waals surface area contributed by atoms with Gasteiger partial charge in [0.1, 0.15) is 0 Å². The fourth-order valence-corrected chi connectivity index (χ4v) is 3.96. The summed E-state index contributed by atoms with van der Waals surface area (Å²) in [6, 6.07) is 5.49. The van der Waals surface area contributed by atoms with Crippen molar-refractivity contribution in [2.24, 2.45) is 24.6 Å². The Morgan fingerprint density at radius 1 is 1.30 bits per heavy atom. The maximum atomic E-state index is 12.8. The van der Waals surface area contributed by atoms with Crippen molar-refractivity contribution in [2.45, 2.75) is 18.9 Å². The molecule has 1 aliphatic carbocycles. The first kappa shape index (κ1) is 16.1. The molecule has 1 saturated carbocycles. The second kappa shape index (κ2) is 5.69. The molecule has 0 spiro atoms. The third kappa shape index (κ3) is 2.37. The molecular weight excluding hydrogens is 318 g/mol. The number of nitrogens with two attached hydrogens (primary N) is 1. The number of carbonyl (C=O) groups is 1. The zero-order valence-corrected chi connectivity index (χ0v) is 13.7. The highest BCUT2D eigenvalue weighted by Crippen LogP contribution is 2.37. The second-order valence-electron chi connectivity index (χ2n) is 6.46. The molecule has 2 N–H and O–H groups in total. The summed E-state index contributed by atoms with van der Waals surface area (Å²) < 4.78 is 6.68. The van der Waals surface area contributed by atoms with E-state index in [1.807, 2.05) is 4.90 Å². The van der Waals surface area contributed by atoms with Crippen molar-refractivity contribution in [1.29, 1.82) is 0 Å². The van der Waals surface area contributed by atoms with E-state index in [0.717, 1.165) is 19.4 Å². The van der Waals surface area contributed by atoms with Gasteiger partial charge in [-0.25, -0.2) is 4.79 Å². The average Bonchev–Trinajstić information content (AvgIpc) is 3.15. The van der Waals surface area contributed by atoms with E-state index in [9.17, 15) is 9.59 Å². The molecule has 6 nitrogen and oxygen atoms in total. The van der Waals surface area contributed by atoms with Gasteiger partial charge in [-0.15, -0.1) is 12.4 Å². The number of benzene rings is 1. The molecule has 0 radical (unpaired) electrons. The quantitative estimate of drug-likeness (QED) is 0.852. The van der Waals surface area contributed by atoms with Crippen LogP contribution in [0.4, 0.5) is 0 Å². The Balaban J connectivity index is 0.00000156. The maximum absolute atomic E-state index is 12.8. The Labute approximate surface area is 139 Å². The number of rotatable bonds is 1. The monoisotopic (exact) mass is 337 g/mol. The van der Waals surface area contributed by atoms with Crippen LogP contribution < -0.4 is 11.5 Å². The van der Waals surface area contributed by atoms with Gasteiger partial charge in [0.2, 0.25) is 0 Å².